The Kier molecular flexibility index (Phi) is 3.28. The van der Waals surface area contributed by atoms with E-state index in [4.69, 9.17) is 5.11 Å². The standard InChI is InChI=1S/C17H14N2O2/c1-11-6-7-13(17(20)21)10-15(11)19-16-9-8-12-4-2-3-5-14(12)18-16/h2-10H,1H3,(H,18,19)(H,20,21). The van der Waals surface area contributed by atoms with Crippen molar-refractivity contribution in [3.8, 4) is 0 Å². The predicted molar refractivity (Wildman–Crippen MR) is 83.2 cm³/mol. The lowest BCUT2D eigenvalue weighted by molar-refractivity contribution is 0.0697. The predicted octanol–water partition coefficient (Wildman–Crippen LogP) is 3.99. The van der Waals surface area contributed by atoms with Gasteiger partial charge in [0.15, 0.2) is 0 Å². The number of carboxylic acid groups (broad SMARTS) is 1. The molecule has 3 aromatic rings. The van der Waals surface area contributed by atoms with E-state index in [0.717, 1.165) is 22.2 Å². The van der Waals surface area contributed by atoms with Gasteiger partial charge >= 0.3 is 5.97 Å². The minimum absolute atomic E-state index is 0.254. The largest absolute Gasteiger partial charge is 0.478 e. The molecule has 0 aliphatic heterocycles. The van der Waals surface area contributed by atoms with Gasteiger partial charge in [0, 0.05) is 11.1 Å². The van der Waals surface area contributed by atoms with E-state index >= 15 is 0 Å². The third-order valence-corrected chi connectivity index (χ3v) is 3.35. The number of rotatable bonds is 3. The lowest BCUT2D eigenvalue weighted by Crippen LogP contribution is -2.00. The molecule has 1 heterocycles. The number of nitrogens with one attached hydrogen (secondary N) is 1. The summed E-state index contributed by atoms with van der Waals surface area (Å²) in [6, 6.07) is 16.7. The number of anilines is 2. The summed E-state index contributed by atoms with van der Waals surface area (Å²) in [6.07, 6.45) is 0. The van der Waals surface area contributed by atoms with Crippen LogP contribution in [0.1, 0.15) is 15.9 Å². The van der Waals surface area contributed by atoms with E-state index in [-0.39, 0.29) is 5.56 Å². The number of hydrogen-bond acceptors (Lipinski definition) is 3. The minimum Gasteiger partial charge on any atom is -0.478 e. The molecule has 2 N–H and O–H groups in total. The Hall–Kier alpha value is -2.88. The zero-order valence-electron chi connectivity index (χ0n) is 11.5. The zero-order chi connectivity index (χ0) is 14.8. The molecule has 21 heavy (non-hydrogen) atoms. The number of aromatic carboxylic acids is 1. The summed E-state index contributed by atoms with van der Waals surface area (Å²) >= 11 is 0. The van der Waals surface area contributed by atoms with Gasteiger partial charge in [0.05, 0.1) is 11.1 Å². The number of fused-ring (bicyclic) bond motifs is 1. The average Bonchev–Trinajstić information content (AvgIpc) is 2.49. The quantitative estimate of drug-likeness (QED) is 0.760. The average molecular weight is 278 g/mol. The van der Waals surface area contributed by atoms with Gasteiger partial charge in [-0.15, -0.1) is 0 Å². The summed E-state index contributed by atoms with van der Waals surface area (Å²) in [6.45, 7) is 1.93. The maximum Gasteiger partial charge on any atom is 0.335 e. The minimum atomic E-state index is -0.940. The van der Waals surface area contributed by atoms with Crippen molar-refractivity contribution in [2.45, 2.75) is 6.92 Å². The summed E-state index contributed by atoms with van der Waals surface area (Å²) in [5.41, 5.74) is 2.87. The number of aromatic nitrogens is 1. The van der Waals surface area contributed by atoms with Gasteiger partial charge in [0.25, 0.3) is 0 Å². The van der Waals surface area contributed by atoms with Gasteiger partial charge in [-0.3, -0.25) is 0 Å². The highest BCUT2D eigenvalue weighted by molar-refractivity contribution is 5.89. The highest BCUT2D eigenvalue weighted by Gasteiger charge is 2.07. The fraction of sp³-hybridized carbons (Fsp3) is 0.0588. The highest BCUT2D eigenvalue weighted by Crippen LogP contribution is 2.22. The molecule has 0 amide bonds. The maximum atomic E-state index is 11.0. The zero-order valence-corrected chi connectivity index (χ0v) is 11.5. The van der Waals surface area contributed by atoms with Gasteiger partial charge in [0.1, 0.15) is 5.82 Å². The van der Waals surface area contributed by atoms with E-state index in [1.54, 1.807) is 18.2 Å². The van der Waals surface area contributed by atoms with Gasteiger partial charge < -0.3 is 10.4 Å². The second-order valence-corrected chi connectivity index (χ2v) is 4.85. The Morgan fingerprint density at radius 2 is 1.90 bits per heavy atom. The van der Waals surface area contributed by atoms with Gasteiger partial charge in [0.2, 0.25) is 0 Å². The van der Waals surface area contributed by atoms with E-state index in [2.05, 4.69) is 10.3 Å². The molecule has 104 valence electrons. The van der Waals surface area contributed by atoms with Crippen LogP contribution in [0.5, 0.6) is 0 Å². The van der Waals surface area contributed by atoms with Crippen molar-refractivity contribution in [3.05, 3.63) is 65.7 Å². The SMILES string of the molecule is Cc1ccc(C(=O)O)cc1Nc1ccc2ccccc2n1. The van der Waals surface area contributed by atoms with Crippen LogP contribution in [-0.4, -0.2) is 16.1 Å². The van der Waals surface area contributed by atoms with Crippen molar-refractivity contribution in [3.63, 3.8) is 0 Å². The van der Waals surface area contributed by atoms with E-state index in [1.807, 2.05) is 43.3 Å². The smallest absolute Gasteiger partial charge is 0.335 e. The molecular weight excluding hydrogens is 264 g/mol. The van der Waals surface area contributed by atoms with Crippen molar-refractivity contribution in [2.75, 3.05) is 5.32 Å². The molecule has 0 aliphatic rings. The van der Waals surface area contributed by atoms with Crippen LogP contribution in [0.15, 0.2) is 54.6 Å². The highest BCUT2D eigenvalue weighted by atomic mass is 16.4. The first-order valence-corrected chi connectivity index (χ1v) is 6.60. The van der Waals surface area contributed by atoms with Crippen molar-refractivity contribution in [1.82, 2.24) is 4.98 Å². The molecule has 0 saturated carbocycles. The number of pyridine rings is 1. The van der Waals surface area contributed by atoms with Gasteiger partial charge in [-0.2, -0.15) is 0 Å². The van der Waals surface area contributed by atoms with E-state index in [0.29, 0.717) is 5.82 Å². The molecule has 3 rings (SSSR count). The van der Waals surface area contributed by atoms with Crippen LogP contribution in [0.3, 0.4) is 0 Å². The molecule has 0 atom stereocenters. The first-order chi connectivity index (χ1) is 10.1. The molecule has 2 aromatic carbocycles. The van der Waals surface area contributed by atoms with E-state index < -0.39 is 5.97 Å². The van der Waals surface area contributed by atoms with Crippen LogP contribution in [0.25, 0.3) is 10.9 Å². The third kappa shape index (κ3) is 2.69. The number of aryl methyl sites for hydroxylation is 1. The van der Waals surface area contributed by atoms with Crippen LogP contribution >= 0.6 is 0 Å². The van der Waals surface area contributed by atoms with Crippen LogP contribution < -0.4 is 5.32 Å². The molecule has 0 saturated heterocycles. The molecule has 0 spiro atoms. The number of benzene rings is 2. The molecule has 0 radical (unpaired) electrons. The summed E-state index contributed by atoms with van der Waals surface area (Å²) in [5.74, 6) is -0.246. The molecule has 4 nitrogen and oxygen atoms in total. The molecule has 4 heteroatoms. The Morgan fingerprint density at radius 1 is 1.10 bits per heavy atom. The first kappa shape index (κ1) is 13.1. The van der Waals surface area contributed by atoms with Crippen molar-refractivity contribution < 1.29 is 9.90 Å². The van der Waals surface area contributed by atoms with E-state index in [1.165, 1.54) is 0 Å². The van der Waals surface area contributed by atoms with Gasteiger partial charge in [-0.1, -0.05) is 24.3 Å². The first-order valence-electron chi connectivity index (χ1n) is 6.60. The Balaban J connectivity index is 1.98. The third-order valence-electron chi connectivity index (χ3n) is 3.35. The summed E-state index contributed by atoms with van der Waals surface area (Å²) in [4.78, 5) is 15.6. The van der Waals surface area contributed by atoms with Crippen LogP contribution in [0.2, 0.25) is 0 Å². The van der Waals surface area contributed by atoms with Crippen molar-refractivity contribution in [1.29, 1.82) is 0 Å². The summed E-state index contributed by atoms with van der Waals surface area (Å²) in [5, 5.41) is 13.3. The molecular formula is C17H14N2O2. The number of carbonyl (C=O) groups is 1. The molecule has 0 bridgehead atoms. The van der Waals surface area contributed by atoms with Crippen LogP contribution in [0.4, 0.5) is 11.5 Å². The maximum absolute atomic E-state index is 11.0. The number of hydrogen-bond donors (Lipinski definition) is 2. The Labute approximate surface area is 122 Å². The second-order valence-electron chi connectivity index (χ2n) is 4.85. The van der Waals surface area contributed by atoms with Crippen LogP contribution in [-0.2, 0) is 0 Å². The van der Waals surface area contributed by atoms with Gasteiger partial charge in [-0.05, 0) is 42.8 Å². The molecule has 0 fully saturated rings. The number of nitrogens with zero attached hydrogens (tertiary/aromatic N) is 1. The lowest BCUT2D eigenvalue weighted by atomic mass is 10.1. The molecule has 1 aromatic heterocycles. The summed E-state index contributed by atoms with van der Waals surface area (Å²) < 4.78 is 0. The normalized spacial score (nSPS) is 10.5. The monoisotopic (exact) mass is 278 g/mol. The summed E-state index contributed by atoms with van der Waals surface area (Å²) in [7, 11) is 0. The fourth-order valence-electron chi connectivity index (χ4n) is 2.16. The number of carboxylic acids is 1. The van der Waals surface area contributed by atoms with Gasteiger partial charge in [-0.25, -0.2) is 9.78 Å². The second kappa shape index (κ2) is 5.25. The Bertz CT molecular complexity index is 828. The Morgan fingerprint density at radius 3 is 2.71 bits per heavy atom. The van der Waals surface area contributed by atoms with Crippen LogP contribution in [0, 0.1) is 6.92 Å². The topological polar surface area (TPSA) is 62.2 Å². The number of para-hydroxylation sites is 1. The van der Waals surface area contributed by atoms with Crippen molar-refractivity contribution in [2.24, 2.45) is 0 Å². The van der Waals surface area contributed by atoms with Crippen molar-refractivity contribution >= 4 is 28.4 Å². The van der Waals surface area contributed by atoms with E-state index in [9.17, 15) is 4.79 Å². The molecule has 0 unspecified atom stereocenters. The fourth-order valence-corrected chi connectivity index (χ4v) is 2.16. The lowest BCUT2D eigenvalue weighted by Gasteiger charge is -2.10. The molecule has 0 aliphatic carbocycles.